The van der Waals surface area contributed by atoms with Crippen molar-refractivity contribution >= 4 is 34.9 Å². The Balaban J connectivity index is 1.75. The first-order valence-corrected chi connectivity index (χ1v) is 8.11. The van der Waals surface area contributed by atoms with Crippen molar-refractivity contribution in [3.05, 3.63) is 64.0 Å². The van der Waals surface area contributed by atoms with Crippen molar-refractivity contribution in [1.82, 2.24) is 4.98 Å². The minimum atomic E-state index is -0.0417. The molecule has 0 radical (unpaired) electrons. The third-order valence-electron chi connectivity index (χ3n) is 3.16. The number of thiazole rings is 1. The quantitative estimate of drug-likeness (QED) is 0.499. The summed E-state index contributed by atoms with van der Waals surface area (Å²) in [5.41, 5.74) is 2.51. The molecule has 0 saturated heterocycles. The third-order valence-corrected chi connectivity index (χ3v) is 4.66. The Morgan fingerprint density at radius 1 is 1.35 bits per heavy atom. The molecule has 0 atom stereocenters. The molecule has 0 unspecified atom stereocenters. The van der Waals surface area contributed by atoms with E-state index in [-0.39, 0.29) is 12.3 Å². The van der Waals surface area contributed by atoms with Gasteiger partial charge in [0.25, 0.3) is 0 Å². The van der Waals surface area contributed by atoms with Crippen molar-refractivity contribution in [3.8, 4) is 10.6 Å². The predicted octanol–water partition coefficient (Wildman–Crippen LogP) is 4.67. The van der Waals surface area contributed by atoms with Crippen molar-refractivity contribution in [2.24, 2.45) is 4.99 Å². The summed E-state index contributed by atoms with van der Waals surface area (Å²) in [6, 6.07) is 9.19. The largest absolute Gasteiger partial charge is 0.472 e. The molecule has 0 aliphatic carbocycles. The van der Waals surface area contributed by atoms with Crippen molar-refractivity contribution < 1.29 is 9.21 Å². The van der Waals surface area contributed by atoms with E-state index in [1.54, 1.807) is 24.8 Å². The van der Waals surface area contributed by atoms with E-state index in [0.717, 1.165) is 21.8 Å². The van der Waals surface area contributed by atoms with Crippen LogP contribution in [0.5, 0.6) is 0 Å². The number of benzene rings is 1. The van der Waals surface area contributed by atoms with Gasteiger partial charge in [-0.1, -0.05) is 23.7 Å². The topological polar surface area (TPSA) is 55.5 Å². The normalized spacial score (nSPS) is 11.2. The molecule has 3 rings (SSSR count). The summed E-state index contributed by atoms with van der Waals surface area (Å²) in [6.45, 7) is 1.93. The number of nitrogens with zero attached hydrogens (tertiary/aromatic N) is 2. The number of aryl methyl sites for hydroxylation is 1. The highest BCUT2D eigenvalue weighted by atomic mass is 35.5. The molecule has 0 aliphatic rings. The van der Waals surface area contributed by atoms with Gasteiger partial charge >= 0.3 is 0 Å². The van der Waals surface area contributed by atoms with E-state index in [2.05, 4.69) is 9.98 Å². The number of halogens is 1. The lowest BCUT2D eigenvalue weighted by Crippen LogP contribution is -2.03. The molecule has 0 N–H and O–H groups in total. The van der Waals surface area contributed by atoms with Crippen molar-refractivity contribution in [1.29, 1.82) is 0 Å². The van der Waals surface area contributed by atoms with Gasteiger partial charge in [-0.2, -0.15) is 0 Å². The summed E-state index contributed by atoms with van der Waals surface area (Å²) >= 11 is 7.27. The van der Waals surface area contributed by atoms with Gasteiger partial charge in [-0.05, 0) is 25.1 Å². The second-order valence-electron chi connectivity index (χ2n) is 4.89. The molecule has 0 amide bonds. The minimum Gasteiger partial charge on any atom is -0.472 e. The van der Waals surface area contributed by atoms with Crippen LogP contribution < -0.4 is 0 Å². The van der Waals surface area contributed by atoms with Crippen LogP contribution in [0.3, 0.4) is 0 Å². The Bertz CT molecular complexity index is 836. The minimum absolute atomic E-state index is 0.0417. The molecule has 116 valence electrons. The lowest BCUT2D eigenvalue weighted by molar-refractivity contribution is 0.100. The molecule has 1 aromatic carbocycles. The number of carbonyl (C=O) groups is 1. The van der Waals surface area contributed by atoms with Gasteiger partial charge in [-0.3, -0.25) is 9.79 Å². The van der Waals surface area contributed by atoms with Gasteiger partial charge in [-0.25, -0.2) is 4.98 Å². The second kappa shape index (κ2) is 6.89. The fourth-order valence-electron chi connectivity index (χ4n) is 2.03. The van der Waals surface area contributed by atoms with E-state index in [4.69, 9.17) is 16.0 Å². The molecule has 0 bridgehead atoms. The maximum Gasteiger partial charge on any atom is 0.196 e. The molecule has 3 aromatic rings. The number of hydrogen-bond donors (Lipinski definition) is 0. The zero-order chi connectivity index (χ0) is 16.2. The first-order chi connectivity index (χ1) is 11.1. The Morgan fingerprint density at radius 3 is 2.83 bits per heavy atom. The smallest absolute Gasteiger partial charge is 0.196 e. The predicted molar refractivity (Wildman–Crippen MR) is 92.8 cm³/mol. The summed E-state index contributed by atoms with van der Waals surface area (Å²) in [5.74, 6) is -0.0417. The Morgan fingerprint density at radius 2 is 2.13 bits per heavy atom. The lowest BCUT2D eigenvalue weighted by atomic mass is 10.2. The van der Waals surface area contributed by atoms with Crippen LogP contribution in [-0.4, -0.2) is 23.5 Å². The number of rotatable bonds is 5. The van der Waals surface area contributed by atoms with Gasteiger partial charge in [0, 0.05) is 22.4 Å². The van der Waals surface area contributed by atoms with Crippen molar-refractivity contribution in [2.45, 2.75) is 6.92 Å². The molecular weight excluding hydrogens is 332 g/mol. The SMILES string of the molecule is Cc1nc(-c2ccc(Cl)cc2)sc1C(=O)CN=Cc1ccoc1. The summed E-state index contributed by atoms with van der Waals surface area (Å²) in [6.07, 6.45) is 4.76. The van der Waals surface area contributed by atoms with E-state index in [1.165, 1.54) is 11.3 Å². The highest BCUT2D eigenvalue weighted by molar-refractivity contribution is 7.17. The molecule has 0 aliphatic heterocycles. The second-order valence-corrected chi connectivity index (χ2v) is 6.33. The van der Waals surface area contributed by atoms with Crippen LogP contribution in [0.2, 0.25) is 5.02 Å². The van der Waals surface area contributed by atoms with Crippen molar-refractivity contribution in [2.75, 3.05) is 6.54 Å². The zero-order valence-electron chi connectivity index (χ0n) is 12.3. The molecule has 4 nitrogen and oxygen atoms in total. The lowest BCUT2D eigenvalue weighted by Gasteiger charge is -1.95. The van der Waals surface area contributed by atoms with Gasteiger partial charge in [-0.15, -0.1) is 11.3 Å². The van der Waals surface area contributed by atoms with Crippen molar-refractivity contribution in [3.63, 3.8) is 0 Å². The standard InChI is InChI=1S/C17H13ClN2O2S/c1-11-16(15(21)9-19-8-12-6-7-22-10-12)23-17(20-11)13-2-4-14(18)5-3-13/h2-8,10H,9H2,1H3. The number of aromatic nitrogens is 1. The van der Waals surface area contributed by atoms with E-state index in [1.807, 2.05) is 31.2 Å². The summed E-state index contributed by atoms with van der Waals surface area (Å²) < 4.78 is 4.94. The molecule has 0 spiro atoms. The maximum absolute atomic E-state index is 12.3. The average molecular weight is 345 g/mol. The highest BCUT2D eigenvalue weighted by Gasteiger charge is 2.15. The molecule has 23 heavy (non-hydrogen) atoms. The molecule has 6 heteroatoms. The monoisotopic (exact) mass is 344 g/mol. The van der Waals surface area contributed by atoms with Crippen LogP contribution in [0.4, 0.5) is 0 Å². The molecule has 0 fully saturated rings. The fourth-order valence-corrected chi connectivity index (χ4v) is 3.15. The van der Waals surface area contributed by atoms with Crippen LogP contribution in [0.1, 0.15) is 20.9 Å². The van der Waals surface area contributed by atoms with Gasteiger partial charge in [0.05, 0.1) is 23.1 Å². The highest BCUT2D eigenvalue weighted by Crippen LogP contribution is 2.29. The first-order valence-electron chi connectivity index (χ1n) is 6.92. The first kappa shape index (κ1) is 15.6. The molecule has 0 saturated carbocycles. The summed E-state index contributed by atoms with van der Waals surface area (Å²) in [7, 11) is 0. The van der Waals surface area contributed by atoms with Crippen LogP contribution >= 0.6 is 22.9 Å². The number of aliphatic imine (C=N–C) groups is 1. The van der Waals surface area contributed by atoms with Gasteiger partial charge in [0.2, 0.25) is 0 Å². The maximum atomic E-state index is 12.3. The van der Waals surface area contributed by atoms with E-state index < -0.39 is 0 Å². The Kier molecular flexibility index (Phi) is 4.69. The zero-order valence-corrected chi connectivity index (χ0v) is 13.9. The summed E-state index contributed by atoms with van der Waals surface area (Å²) in [5, 5.41) is 1.48. The average Bonchev–Trinajstić information content (AvgIpc) is 3.17. The molecule has 2 aromatic heterocycles. The van der Waals surface area contributed by atoms with Crippen LogP contribution in [0.25, 0.3) is 10.6 Å². The molecular formula is C17H13ClN2O2S. The van der Waals surface area contributed by atoms with Crippen LogP contribution in [0.15, 0.2) is 52.3 Å². The van der Waals surface area contributed by atoms with Crippen LogP contribution in [-0.2, 0) is 0 Å². The number of carbonyl (C=O) groups excluding carboxylic acids is 1. The van der Waals surface area contributed by atoms with E-state index in [9.17, 15) is 4.79 Å². The van der Waals surface area contributed by atoms with E-state index in [0.29, 0.717) is 9.90 Å². The number of ketones is 1. The Hall–Kier alpha value is -2.24. The Labute approximate surface area is 142 Å². The number of furan rings is 1. The number of Topliss-reactive ketones (excluding diaryl/α,β-unsaturated/α-hetero) is 1. The molecule has 2 heterocycles. The fraction of sp³-hybridized carbons (Fsp3) is 0.118. The number of hydrogen-bond acceptors (Lipinski definition) is 5. The van der Waals surface area contributed by atoms with E-state index >= 15 is 0 Å². The van der Waals surface area contributed by atoms with Crippen LogP contribution in [0, 0.1) is 6.92 Å². The van der Waals surface area contributed by atoms with Gasteiger partial charge < -0.3 is 4.42 Å². The van der Waals surface area contributed by atoms with Gasteiger partial charge in [0.15, 0.2) is 5.78 Å². The summed E-state index contributed by atoms with van der Waals surface area (Å²) in [4.78, 5) is 21.6. The van der Waals surface area contributed by atoms with Gasteiger partial charge in [0.1, 0.15) is 11.6 Å². The third kappa shape index (κ3) is 3.75.